The van der Waals surface area contributed by atoms with Gasteiger partial charge in [0.05, 0.1) is 60.9 Å². The van der Waals surface area contributed by atoms with Crippen molar-refractivity contribution in [2.45, 2.75) is 243 Å². The summed E-state index contributed by atoms with van der Waals surface area (Å²) in [6.07, 6.45) is -3.66. The molecule has 494 valence electrons. The number of carboxylic acid groups (broad SMARTS) is 2. The Balaban J connectivity index is 2.54. The van der Waals surface area contributed by atoms with Crippen LogP contribution in [0.1, 0.15) is 158 Å². The number of carbonyl (C=O) groups excluding carboxylic acids is 3. The molecule has 0 aromatic carbocycles. The van der Waals surface area contributed by atoms with Crippen molar-refractivity contribution in [3.8, 4) is 0 Å². The topological polar surface area (TPSA) is 415 Å². The van der Waals surface area contributed by atoms with Gasteiger partial charge in [0.1, 0.15) is 37.3 Å². The summed E-state index contributed by atoms with van der Waals surface area (Å²) in [4.78, 5) is 66.3. The van der Waals surface area contributed by atoms with Gasteiger partial charge in [0.2, 0.25) is 0 Å². The number of hydrogen-bond donors (Lipinski definition) is 14. The molecule has 1 saturated heterocycles. The Labute approximate surface area is 507 Å². The Morgan fingerprint density at radius 3 is 1.95 bits per heavy atom. The first-order valence-corrected chi connectivity index (χ1v) is 30.5. The molecule has 0 unspecified atom stereocenters. The number of ether oxygens (including phenoxy) is 4. The van der Waals surface area contributed by atoms with Gasteiger partial charge in [-0.3, -0.25) is 29.0 Å². The third-order valence-electron chi connectivity index (χ3n) is 16.7. The van der Waals surface area contributed by atoms with Gasteiger partial charge >= 0.3 is 29.8 Å². The fourth-order valence-electron chi connectivity index (χ4n) is 10.8. The molecule has 22 atom stereocenters. The van der Waals surface area contributed by atoms with Gasteiger partial charge in [0.15, 0.2) is 11.7 Å². The van der Waals surface area contributed by atoms with E-state index in [4.69, 9.17) is 24.7 Å². The molecule has 2 heterocycles. The molecule has 2 rings (SSSR count). The third kappa shape index (κ3) is 28.5. The average molecular weight is 1230 g/mol. The van der Waals surface area contributed by atoms with Gasteiger partial charge in [-0.05, 0) is 76.0 Å². The number of allylic oxidation sites excluding steroid dienone is 4. The largest absolute Gasteiger partial charge is 0.481 e. The Morgan fingerprint density at radius 1 is 0.721 bits per heavy atom. The molecule has 0 aliphatic carbocycles. The molecule has 0 aromatic rings. The van der Waals surface area contributed by atoms with Gasteiger partial charge in [0.25, 0.3) is 0 Å². The Kier molecular flexibility index (Phi) is 35.2. The molecule has 0 saturated carbocycles. The smallest absolute Gasteiger partial charge is 0.317 e. The molecule has 0 aromatic heterocycles. The maximum atomic E-state index is 13.9. The summed E-state index contributed by atoms with van der Waals surface area (Å²) >= 11 is 0. The second-order valence-electron chi connectivity index (χ2n) is 24.4. The lowest BCUT2D eigenvalue weighted by molar-refractivity contribution is -0.334. The Hall–Kier alpha value is -4.86. The van der Waals surface area contributed by atoms with Gasteiger partial charge in [-0.1, -0.05) is 103 Å². The standard InChI is InChI=1S/C62H105N3O21/c1-35(18-14-12-10-11-13-17-25-65-61(63)64-9)26-39(5)58-38(4)19-15-16-20-46(67)40(6)50(71)28-43(66)27-44(83-56(78)32-54(74)75)29-45-30-52(73)59(80)62(82,86-45)34-53(84-57(79)33-55(76)77)37(3)22-24-47(68)41(7)51(72)31-49(70)36(2)21-23-48(69)42(8)60(81)85-58/h10-11,15-16,19-21,23,35-53,58-59,66-73,80,82H,12-14,17-18,22,24-34H2,1-9H3,(H,74,75)(H,76,77)(H3,63,64,65)/b11-10+,19-15+,20-16+,23-21+/t35-,36-,37-,38-,39-,40+,41+,42+,43-,44-,45+,46+,47-,48+,49+,50+,51-,52-,53+,58-,59+,62-/m0/s1. The van der Waals surface area contributed by atoms with Crippen LogP contribution in [0.2, 0.25) is 0 Å². The number of aliphatic carboxylic acids is 2. The maximum Gasteiger partial charge on any atom is 0.317 e. The molecule has 24 heteroatoms. The minimum Gasteiger partial charge on any atom is -0.481 e. The van der Waals surface area contributed by atoms with E-state index in [0.717, 1.165) is 38.6 Å². The number of aliphatic hydroxyl groups is 10. The molecule has 0 radical (unpaired) electrons. The van der Waals surface area contributed by atoms with Crippen LogP contribution in [0.4, 0.5) is 0 Å². The minimum absolute atomic E-state index is 0.00166. The van der Waals surface area contributed by atoms with Crippen LogP contribution in [0, 0.1) is 47.3 Å². The van der Waals surface area contributed by atoms with Gasteiger partial charge in [0, 0.05) is 69.4 Å². The van der Waals surface area contributed by atoms with E-state index in [-0.39, 0.29) is 43.4 Å². The summed E-state index contributed by atoms with van der Waals surface area (Å²) in [5, 5.41) is 135. The van der Waals surface area contributed by atoms with Gasteiger partial charge in [-0.2, -0.15) is 0 Å². The molecule has 24 nitrogen and oxygen atoms in total. The van der Waals surface area contributed by atoms with E-state index in [1.807, 2.05) is 13.8 Å². The molecule has 0 spiro atoms. The third-order valence-corrected chi connectivity index (χ3v) is 16.7. The molecule has 0 amide bonds. The zero-order valence-corrected chi connectivity index (χ0v) is 51.8. The summed E-state index contributed by atoms with van der Waals surface area (Å²) in [6.45, 7) is 14.5. The van der Waals surface area contributed by atoms with Crippen molar-refractivity contribution < 1.29 is 104 Å². The average Bonchev–Trinajstić information content (AvgIpc) is 1.63. The number of aliphatic hydroxyl groups excluding tert-OH is 9. The summed E-state index contributed by atoms with van der Waals surface area (Å²) < 4.78 is 23.1. The molecular formula is C62H105N3O21. The number of esters is 3. The van der Waals surface area contributed by atoms with Gasteiger partial charge in [-0.15, -0.1) is 0 Å². The van der Waals surface area contributed by atoms with Crippen LogP contribution in [0.25, 0.3) is 0 Å². The summed E-state index contributed by atoms with van der Waals surface area (Å²) in [6, 6.07) is 0. The first-order chi connectivity index (χ1) is 40.3. The maximum absolute atomic E-state index is 13.9. The highest BCUT2D eigenvalue weighted by molar-refractivity contribution is 5.90. The zero-order chi connectivity index (χ0) is 65.0. The number of nitrogens with two attached hydrogens (primary N) is 1. The zero-order valence-electron chi connectivity index (χ0n) is 51.8. The lowest BCUT2D eigenvalue weighted by Gasteiger charge is -2.45. The number of aliphatic imine (C=N–C) groups is 1. The van der Waals surface area contributed by atoms with Crippen molar-refractivity contribution in [3.05, 3.63) is 48.6 Å². The highest BCUT2D eigenvalue weighted by Crippen LogP contribution is 2.38. The summed E-state index contributed by atoms with van der Waals surface area (Å²) in [7, 11) is 1.62. The molecule has 1 fully saturated rings. The van der Waals surface area contributed by atoms with E-state index in [0.29, 0.717) is 12.4 Å². The van der Waals surface area contributed by atoms with Crippen molar-refractivity contribution in [1.29, 1.82) is 0 Å². The minimum atomic E-state index is -2.74. The highest BCUT2D eigenvalue weighted by Gasteiger charge is 2.51. The lowest BCUT2D eigenvalue weighted by Crippen LogP contribution is -2.60. The highest BCUT2D eigenvalue weighted by atomic mass is 16.7. The summed E-state index contributed by atoms with van der Waals surface area (Å²) in [5.74, 6) is -13.1. The Morgan fingerprint density at radius 2 is 1.33 bits per heavy atom. The van der Waals surface area contributed by atoms with E-state index in [1.54, 1.807) is 39.1 Å². The van der Waals surface area contributed by atoms with Crippen molar-refractivity contribution in [2.24, 2.45) is 58.1 Å². The number of rotatable bonds is 17. The van der Waals surface area contributed by atoms with Crippen molar-refractivity contribution in [1.82, 2.24) is 5.32 Å². The van der Waals surface area contributed by atoms with E-state index in [1.165, 1.54) is 39.0 Å². The first kappa shape index (κ1) is 77.2. The summed E-state index contributed by atoms with van der Waals surface area (Å²) in [5.41, 5.74) is 5.69. The van der Waals surface area contributed by atoms with Crippen LogP contribution in [0.3, 0.4) is 0 Å². The monoisotopic (exact) mass is 1230 g/mol. The fraction of sp³-hybridized carbons (Fsp3) is 0.774. The Bertz CT molecular complexity index is 2200. The molecule has 2 aliphatic rings. The molecule has 2 bridgehead atoms. The van der Waals surface area contributed by atoms with Gasteiger partial charge in [-0.25, -0.2) is 0 Å². The normalized spacial score (nSPS) is 36.9. The molecule has 15 N–H and O–H groups in total. The molecule has 86 heavy (non-hydrogen) atoms. The van der Waals surface area contributed by atoms with E-state index >= 15 is 0 Å². The van der Waals surface area contributed by atoms with Crippen LogP contribution < -0.4 is 11.1 Å². The van der Waals surface area contributed by atoms with Crippen LogP contribution in [-0.4, -0.2) is 196 Å². The van der Waals surface area contributed by atoms with Crippen LogP contribution >= 0.6 is 0 Å². The van der Waals surface area contributed by atoms with Crippen molar-refractivity contribution >= 4 is 35.8 Å². The number of nitrogens with zero attached hydrogens (tertiary/aromatic N) is 1. The fourth-order valence-corrected chi connectivity index (χ4v) is 10.8. The first-order valence-electron chi connectivity index (χ1n) is 30.5. The second kappa shape index (κ2) is 39.2. The number of unbranched alkanes of at least 4 members (excludes halogenated alkanes) is 2. The number of carbonyl (C=O) groups is 5. The van der Waals surface area contributed by atoms with Crippen molar-refractivity contribution in [2.75, 3.05) is 13.6 Å². The lowest BCUT2D eigenvalue weighted by atomic mass is 9.83. The second-order valence-corrected chi connectivity index (χ2v) is 24.4. The van der Waals surface area contributed by atoms with Gasteiger partial charge < -0.3 is 91.3 Å². The number of hydrogen-bond acceptors (Lipinski definition) is 20. The van der Waals surface area contributed by atoms with Crippen molar-refractivity contribution in [3.63, 3.8) is 0 Å². The van der Waals surface area contributed by atoms with Crippen LogP contribution in [-0.2, 0) is 42.9 Å². The quantitative estimate of drug-likeness (QED) is 0.0189. The number of fused-ring (bicyclic) bond motifs is 2. The van der Waals surface area contributed by atoms with E-state index < -0.39 is 183 Å². The predicted molar refractivity (Wildman–Crippen MR) is 318 cm³/mol. The van der Waals surface area contributed by atoms with Crippen LogP contribution in [0.5, 0.6) is 0 Å². The molecular weight excluding hydrogens is 1120 g/mol. The number of guanidine groups is 1. The number of carboxylic acids is 2. The number of cyclic esters (lactones) is 1. The predicted octanol–water partition coefficient (Wildman–Crippen LogP) is 3.33. The number of nitrogens with one attached hydrogen (secondary N) is 1. The van der Waals surface area contributed by atoms with Crippen LogP contribution in [0.15, 0.2) is 53.6 Å². The van der Waals surface area contributed by atoms with E-state index in [9.17, 15) is 85.3 Å². The van der Waals surface area contributed by atoms with E-state index in [2.05, 4.69) is 29.4 Å². The SMILES string of the molecule is CN=C(N)NCCC/C=C/CCC[C@H](C)C[C@H](C)[C@H]1OC(=O)[C@H](C)[C@H](O)/C=C/[C@H](C)[C@H](O)C[C@H](O)[C@H](C)[C@@H](O)CC[C@H](C)[C@H](OC(=O)CC(=O)O)C[C@]2(O)O[C@H](C[C@@H](OC(=O)CC(=O)O)C[C@H](O)C[C@@H](O)[C@H](C)[C@H](O)/C=C/C=C/[C@@H]1C)C[C@H](O)[C@H]2O. The molecule has 2 aliphatic heterocycles.